The van der Waals surface area contributed by atoms with Crippen LogP contribution in [0, 0.1) is 13.8 Å². The van der Waals surface area contributed by atoms with E-state index in [9.17, 15) is 13.2 Å². The van der Waals surface area contributed by atoms with Crippen LogP contribution < -0.4 is 4.90 Å². The third kappa shape index (κ3) is 9.04. The molecular formula is C41H52N6O3S. The average molecular weight is 709 g/mol. The van der Waals surface area contributed by atoms with Gasteiger partial charge in [0.2, 0.25) is 10.0 Å². The summed E-state index contributed by atoms with van der Waals surface area (Å²) < 4.78 is 26.8. The lowest BCUT2D eigenvalue weighted by Crippen LogP contribution is -2.58. The van der Waals surface area contributed by atoms with Gasteiger partial charge in [0, 0.05) is 63.1 Å². The van der Waals surface area contributed by atoms with Crippen LogP contribution in [0.5, 0.6) is 0 Å². The van der Waals surface area contributed by atoms with Crippen molar-refractivity contribution in [3.63, 3.8) is 0 Å². The van der Waals surface area contributed by atoms with E-state index in [0.717, 1.165) is 80.9 Å². The lowest BCUT2D eigenvalue weighted by Gasteiger charge is -2.50. The number of hydrogen-bond acceptors (Lipinski definition) is 7. The van der Waals surface area contributed by atoms with Gasteiger partial charge in [0.1, 0.15) is 6.33 Å². The van der Waals surface area contributed by atoms with Gasteiger partial charge in [-0.05, 0) is 81.7 Å². The smallest absolute Gasteiger partial charge is 0.257 e. The minimum absolute atomic E-state index is 0.0498. The second-order valence-corrected chi connectivity index (χ2v) is 16.5. The second-order valence-electron chi connectivity index (χ2n) is 14.5. The van der Waals surface area contributed by atoms with Gasteiger partial charge in [0.05, 0.1) is 23.2 Å². The Kier molecular flexibility index (Phi) is 11.5. The molecule has 51 heavy (non-hydrogen) atoms. The van der Waals surface area contributed by atoms with Crippen molar-refractivity contribution in [2.45, 2.75) is 77.5 Å². The summed E-state index contributed by atoms with van der Waals surface area (Å²) in [5, 5.41) is 0. The first-order valence-corrected chi connectivity index (χ1v) is 20.1. The van der Waals surface area contributed by atoms with Crippen LogP contribution in [0.3, 0.4) is 0 Å². The van der Waals surface area contributed by atoms with Crippen molar-refractivity contribution >= 4 is 21.6 Å². The molecule has 2 saturated heterocycles. The summed E-state index contributed by atoms with van der Waals surface area (Å²) in [5.74, 6) is 0.0498. The molecule has 1 aromatic heterocycles. The van der Waals surface area contributed by atoms with E-state index in [1.807, 2.05) is 49.1 Å². The van der Waals surface area contributed by atoms with Gasteiger partial charge < -0.3 is 9.80 Å². The number of amides is 1. The predicted molar refractivity (Wildman–Crippen MR) is 204 cm³/mol. The molecule has 1 amide bonds. The van der Waals surface area contributed by atoms with E-state index in [2.05, 4.69) is 81.3 Å². The first-order valence-electron chi connectivity index (χ1n) is 18.2. The average Bonchev–Trinajstić information content (AvgIpc) is 3.13. The number of carbonyl (C=O) groups excluding carboxylic acids is 1. The highest BCUT2D eigenvalue weighted by atomic mass is 32.2. The van der Waals surface area contributed by atoms with Gasteiger partial charge in [0.15, 0.2) is 0 Å². The zero-order valence-corrected chi connectivity index (χ0v) is 31.4. The molecule has 0 bridgehead atoms. The molecule has 0 aliphatic carbocycles. The van der Waals surface area contributed by atoms with Crippen LogP contribution in [0.15, 0.2) is 91.3 Å². The van der Waals surface area contributed by atoms with Gasteiger partial charge in [-0.2, -0.15) is 4.31 Å². The number of benzene rings is 3. The van der Waals surface area contributed by atoms with E-state index in [0.29, 0.717) is 31.1 Å². The van der Waals surface area contributed by atoms with Crippen LogP contribution in [0.4, 0.5) is 5.69 Å². The molecule has 2 aliphatic rings. The number of aryl methyl sites for hydroxylation is 2. The number of likely N-dealkylation sites (tertiary alicyclic amines) is 2. The van der Waals surface area contributed by atoms with Crippen LogP contribution in [-0.4, -0.2) is 89.0 Å². The van der Waals surface area contributed by atoms with Gasteiger partial charge in [0.25, 0.3) is 5.91 Å². The molecule has 4 aromatic rings. The molecule has 270 valence electrons. The highest BCUT2D eigenvalue weighted by Crippen LogP contribution is 2.34. The fourth-order valence-electron chi connectivity index (χ4n) is 7.75. The van der Waals surface area contributed by atoms with E-state index < -0.39 is 10.0 Å². The topological polar surface area (TPSA) is 90.0 Å². The first kappa shape index (κ1) is 36.7. The van der Waals surface area contributed by atoms with Crippen molar-refractivity contribution in [2.75, 3.05) is 43.9 Å². The minimum Gasteiger partial charge on any atom is -0.364 e. The van der Waals surface area contributed by atoms with Gasteiger partial charge in [-0.15, -0.1) is 0 Å². The zero-order valence-electron chi connectivity index (χ0n) is 30.5. The Hall–Kier alpha value is -4.12. The van der Waals surface area contributed by atoms with Crippen LogP contribution in [0.2, 0.25) is 0 Å². The Bertz CT molecular complexity index is 1830. The number of rotatable bonds is 12. The molecule has 0 saturated carbocycles. The molecule has 9 nitrogen and oxygen atoms in total. The molecule has 0 atom stereocenters. The maximum atomic E-state index is 13.4. The second kappa shape index (κ2) is 16.0. The first-order chi connectivity index (χ1) is 24.5. The van der Waals surface area contributed by atoms with Gasteiger partial charge in [-0.1, -0.05) is 72.8 Å². The standard InChI is InChI=1S/C41H52N6O3S/c1-32-39(33(2)43-31-42-32)40(48)44-27-22-41(3,23-28-44)45-24-20-38(21-25-45)47(30-36-13-9-6-10-14-36)37-17-15-34(16-18-37)19-26-46(51(4,49)50)29-35-11-7-5-8-12-35/h5-18,31,38H,19-30H2,1-4H3. The monoisotopic (exact) mass is 708 g/mol. The van der Waals surface area contributed by atoms with Crippen molar-refractivity contribution in [3.8, 4) is 0 Å². The van der Waals surface area contributed by atoms with Gasteiger partial charge >= 0.3 is 0 Å². The van der Waals surface area contributed by atoms with Crippen LogP contribution in [0.25, 0.3) is 0 Å². The summed E-state index contributed by atoms with van der Waals surface area (Å²) in [7, 11) is -3.34. The summed E-state index contributed by atoms with van der Waals surface area (Å²) in [5.41, 5.74) is 6.78. The molecule has 0 spiro atoms. The molecule has 0 N–H and O–H groups in total. The molecule has 6 rings (SSSR count). The maximum Gasteiger partial charge on any atom is 0.257 e. The fraction of sp³-hybridized carbons (Fsp3) is 0.439. The Morgan fingerprint density at radius 1 is 0.784 bits per heavy atom. The maximum absolute atomic E-state index is 13.4. The largest absolute Gasteiger partial charge is 0.364 e. The number of anilines is 1. The number of aromatic nitrogens is 2. The van der Waals surface area contributed by atoms with Crippen LogP contribution in [0.1, 0.15) is 71.0 Å². The number of sulfonamides is 1. The SMILES string of the molecule is Cc1ncnc(C)c1C(=O)N1CCC(C)(N2CCC(N(Cc3ccccc3)c3ccc(CCN(Cc4ccccc4)S(C)(=O)=O)cc3)CC2)CC1. The molecule has 2 aliphatic heterocycles. The molecule has 3 heterocycles. The molecular weight excluding hydrogens is 657 g/mol. The number of carbonyl (C=O) groups is 1. The van der Waals surface area contributed by atoms with Crippen LogP contribution >= 0.6 is 0 Å². The van der Waals surface area contributed by atoms with Crippen molar-refractivity contribution in [1.82, 2.24) is 24.1 Å². The van der Waals surface area contributed by atoms with Crippen molar-refractivity contribution < 1.29 is 13.2 Å². The molecule has 10 heteroatoms. The number of nitrogens with zero attached hydrogens (tertiary/aromatic N) is 6. The lowest BCUT2D eigenvalue weighted by molar-refractivity contribution is 0.0170. The van der Waals surface area contributed by atoms with Gasteiger partial charge in [-0.3, -0.25) is 9.69 Å². The summed E-state index contributed by atoms with van der Waals surface area (Å²) in [4.78, 5) is 29.2. The predicted octanol–water partition coefficient (Wildman–Crippen LogP) is 6.26. The lowest BCUT2D eigenvalue weighted by atomic mass is 9.85. The quantitative estimate of drug-likeness (QED) is 0.172. The van der Waals surface area contributed by atoms with E-state index in [1.54, 1.807) is 4.31 Å². The molecule has 0 radical (unpaired) electrons. The van der Waals surface area contributed by atoms with E-state index >= 15 is 0 Å². The van der Waals surface area contributed by atoms with Crippen LogP contribution in [-0.2, 0) is 29.5 Å². The highest BCUT2D eigenvalue weighted by molar-refractivity contribution is 7.88. The molecule has 2 fully saturated rings. The molecule has 0 unspecified atom stereocenters. The Morgan fingerprint density at radius 2 is 1.33 bits per heavy atom. The van der Waals surface area contributed by atoms with Crippen molar-refractivity contribution in [3.05, 3.63) is 125 Å². The summed E-state index contributed by atoms with van der Waals surface area (Å²) >= 11 is 0. The zero-order chi connectivity index (χ0) is 36.0. The number of hydrogen-bond donors (Lipinski definition) is 0. The van der Waals surface area contributed by atoms with Crippen molar-refractivity contribution in [2.24, 2.45) is 0 Å². The Balaban J connectivity index is 1.09. The van der Waals surface area contributed by atoms with Gasteiger partial charge in [-0.25, -0.2) is 18.4 Å². The summed E-state index contributed by atoms with van der Waals surface area (Å²) in [6.45, 7) is 11.3. The van der Waals surface area contributed by atoms with Crippen molar-refractivity contribution in [1.29, 1.82) is 0 Å². The normalized spacial score (nSPS) is 17.1. The van der Waals surface area contributed by atoms with E-state index in [1.165, 1.54) is 23.8 Å². The third-order valence-corrected chi connectivity index (χ3v) is 12.3. The number of piperidine rings is 2. The third-order valence-electron chi connectivity index (χ3n) is 11.0. The minimum atomic E-state index is -3.34. The summed E-state index contributed by atoms with van der Waals surface area (Å²) in [6.07, 6.45) is 7.50. The Labute approximate surface area is 304 Å². The Morgan fingerprint density at radius 3 is 1.88 bits per heavy atom. The van der Waals surface area contributed by atoms with E-state index in [-0.39, 0.29) is 11.4 Å². The fourth-order valence-corrected chi connectivity index (χ4v) is 8.56. The van der Waals surface area contributed by atoms with E-state index in [4.69, 9.17) is 0 Å². The summed E-state index contributed by atoms with van der Waals surface area (Å²) in [6, 6.07) is 29.6. The highest BCUT2D eigenvalue weighted by Gasteiger charge is 2.40. The molecule has 3 aromatic carbocycles.